The Balaban J connectivity index is 1.93. The van der Waals surface area contributed by atoms with E-state index in [1.54, 1.807) is 0 Å². The Hall–Kier alpha value is -0.0800. The molecule has 64 valence electrons. The second kappa shape index (κ2) is 3.11. The molecule has 11 heavy (non-hydrogen) atoms. The molecule has 2 rings (SSSR count). The molecule has 1 aliphatic carbocycles. The number of fused-ring (bicyclic) bond motifs is 1. The van der Waals surface area contributed by atoms with Crippen LogP contribution in [0.2, 0.25) is 0 Å². The van der Waals surface area contributed by atoms with Gasteiger partial charge in [0.05, 0.1) is 0 Å². The molecule has 2 unspecified atom stereocenters. The van der Waals surface area contributed by atoms with E-state index in [1.807, 2.05) is 0 Å². The van der Waals surface area contributed by atoms with Crippen molar-refractivity contribution in [2.75, 3.05) is 6.54 Å². The van der Waals surface area contributed by atoms with Crippen molar-refractivity contribution in [1.82, 2.24) is 10.6 Å². The summed E-state index contributed by atoms with van der Waals surface area (Å²) in [7, 11) is 0. The van der Waals surface area contributed by atoms with Crippen molar-refractivity contribution in [3.63, 3.8) is 0 Å². The van der Waals surface area contributed by atoms with Crippen LogP contribution in [0.15, 0.2) is 0 Å². The smallest absolute Gasteiger partial charge is 0.0224 e. The molecule has 1 saturated carbocycles. The number of nitrogens with one attached hydrogen (secondary N) is 2. The van der Waals surface area contributed by atoms with Gasteiger partial charge in [-0.1, -0.05) is 12.8 Å². The van der Waals surface area contributed by atoms with Crippen molar-refractivity contribution in [3.05, 3.63) is 0 Å². The summed E-state index contributed by atoms with van der Waals surface area (Å²) in [5.41, 5.74) is 0. The summed E-state index contributed by atoms with van der Waals surface area (Å²) < 4.78 is 0. The van der Waals surface area contributed by atoms with Gasteiger partial charge in [-0.05, 0) is 19.8 Å². The largest absolute Gasteiger partial charge is 0.311 e. The minimum atomic E-state index is 0.675. The summed E-state index contributed by atoms with van der Waals surface area (Å²) in [4.78, 5) is 0. The first-order valence-corrected chi connectivity index (χ1v) is 4.86. The molecule has 0 spiro atoms. The second-order valence-corrected chi connectivity index (χ2v) is 3.97. The van der Waals surface area contributed by atoms with Gasteiger partial charge in [0.2, 0.25) is 0 Å². The van der Waals surface area contributed by atoms with E-state index in [0.717, 1.165) is 18.6 Å². The molecule has 0 aromatic carbocycles. The minimum absolute atomic E-state index is 0.675. The molecule has 0 aromatic heterocycles. The minimum Gasteiger partial charge on any atom is -0.311 e. The molecule has 2 fully saturated rings. The Labute approximate surface area is 68.7 Å². The average Bonchev–Trinajstić information content (AvgIpc) is 2.04. The van der Waals surface area contributed by atoms with E-state index >= 15 is 0 Å². The van der Waals surface area contributed by atoms with Crippen LogP contribution in [0, 0.1) is 0 Å². The van der Waals surface area contributed by atoms with Crippen LogP contribution in [-0.2, 0) is 0 Å². The normalized spacial score (nSPS) is 45.0. The zero-order valence-electron chi connectivity index (χ0n) is 7.27. The molecule has 3 atom stereocenters. The van der Waals surface area contributed by atoms with Gasteiger partial charge in [-0.2, -0.15) is 0 Å². The lowest BCUT2D eigenvalue weighted by Crippen LogP contribution is -2.60. The second-order valence-electron chi connectivity index (χ2n) is 3.97. The topological polar surface area (TPSA) is 24.1 Å². The lowest BCUT2D eigenvalue weighted by atomic mass is 9.88. The van der Waals surface area contributed by atoms with E-state index in [4.69, 9.17) is 0 Å². The monoisotopic (exact) mass is 154 g/mol. The summed E-state index contributed by atoms with van der Waals surface area (Å²) in [6, 6.07) is 2.22. The quantitative estimate of drug-likeness (QED) is 0.541. The predicted molar refractivity (Wildman–Crippen MR) is 46.6 cm³/mol. The fourth-order valence-corrected chi connectivity index (χ4v) is 2.33. The molecule has 1 aliphatic heterocycles. The highest BCUT2D eigenvalue weighted by molar-refractivity contribution is 4.92. The van der Waals surface area contributed by atoms with Crippen LogP contribution < -0.4 is 10.6 Å². The third-order valence-corrected chi connectivity index (χ3v) is 2.95. The maximum absolute atomic E-state index is 3.66. The highest BCUT2D eigenvalue weighted by Gasteiger charge is 2.29. The van der Waals surface area contributed by atoms with Crippen LogP contribution in [0.25, 0.3) is 0 Å². The van der Waals surface area contributed by atoms with Crippen molar-refractivity contribution in [1.29, 1.82) is 0 Å². The fraction of sp³-hybridized carbons (Fsp3) is 1.00. The predicted octanol–water partition coefficient (Wildman–Crippen LogP) is 0.879. The Morgan fingerprint density at radius 2 is 1.82 bits per heavy atom. The van der Waals surface area contributed by atoms with Gasteiger partial charge in [-0.25, -0.2) is 0 Å². The Kier molecular flexibility index (Phi) is 2.14. The third-order valence-electron chi connectivity index (χ3n) is 2.95. The molecule has 0 amide bonds. The number of piperazine rings is 1. The first-order valence-electron chi connectivity index (χ1n) is 4.86. The summed E-state index contributed by atoms with van der Waals surface area (Å²) in [5, 5.41) is 7.26. The van der Waals surface area contributed by atoms with Crippen LogP contribution >= 0.6 is 0 Å². The first-order chi connectivity index (χ1) is 5.36. The lowest BCUT2D eigenvalue weighted by Gasteiger charge is -2.40. The van der Waals surface area contributed by atoms with Gasteiger partial charge in [0.15, 0.2) is 0 Å². The van der Waals surface area contributed by atoms with Gasteiger partial charge in [0, 0.05) is 24.7 Å². The molecular formula is C9H18N2. The Bertz CT molecular complexity index is 136. The third kappa shape index (κ3) is 1.57. The zero-order valence-corrected chi connectivity index (χ0v) is 7.27. The van der Waals surface area contributed by atoms with Crippen molar-refractivity contribution < 1.29 is 0 Å². The van der Waals surface area contributed by atoms with Crippen molar-refractivity contribution >= 4 is 0 Å². The van der Waals surface area contributed by atoms with Gasteiger partial charge >= 0.3 is 0 Å². The fourth-order valence-electron chi connectivity index (χ4n) is 2.33. The molecule has 0 bridgehead atoms. The number of hydrogen-bond acceptors (Lipinski definition) is 2. The summed E-state index contributed by atoms with van der Waals surface area (Å²) in [5.74, 6) is 0. The number of hydrogen-bond donors (Lipinski definition) is 2. The van der Waals surface area contributed by atoms with Crippen molar-refractivity contribution in [2.24, 2.45) is 0 Å². The van der Waals surface area contributed by atoms with E-state index < -0.39 is 0 Å². The van der Waals surface area contributed by atoms with Crippen molar-refractivity contribution in [2.45, 2.75) is 50.7 Å². The summed E-state index contributed by atoms with van der Waals surface area (Å²) in [6.07, 6.45) is 5.60. The molecule has 1 heterocycles. The van der Waals surface area contributed by atoms with E-state index in [0.29, 0.717) is 6.04 Å². The zero-order chi connectivity index (χ0) is 7.68. The highest BCUT2D eigenvalue weighted by Crippen LogP contribution is 2.20. The Morgan fingerprint density at radius 3 is 2.64 bits per heavy atom. The van der Waals surface area contributed by atoms with E-state index in [1.165, 1.54) is 25.7 Å². The van der Waals surface area contributed by atoms with Gasteiger partial charge < -0.3 is 10.6 Å². The van der Waals surface area contributed by atoms with Crippen molar-refractivity contribution in [3.8, 4) is 0 Å². The van der Waals surface area contributed by atoms with Crippen LogP contribution in [-0.4, -0.2) is 24.7 Å². The molecule has 2 N–H and O–H groups in total. The van der Waals surface area contributed by atoms with Gasteiger partial charge in [-0.3, -0.25) is 0 Å². The van der Waals surface area contributed by atoms with Gasteiger partial charge in [0.1, 0.15) is 0 Å². The van der Waals surface area contributed by atoms with Crippen LogP contribution in [0.5, 0.6) is 0 Å². The van der Waals surface area contributed by atoms with Crippen LogP contribution in [0.3, 0.4) is 0 Å². The molecule has 2 nitrogen and oxygen atoms in total. The van der Waals surface area contributed by atoms with Crippen LogP contribution in [0.4, 0.5) is 0 Å². The average molecular weight is 154 g/mol. The SMILES string of the molecule is CC1CNC2CCCC[C@H]2N1. The lowest BCUT2D eigenvalue weighted by molar-refractivity contribution is 0.219. The molecule has 2 heteroatoms. The first kappa shape index (κ1) is 7.56. The maximum atomic E-state index is 3.66. The maximum Gasteiger partial charge on any atom is 0.0224 e. The van der Waals surface area contributed by atoms with Gasteiger partial charge in [0.25, 0.3) is 0 Å². The molecule has 0 aromatic rings. The standard InChI is InChI=1S/C9H18N2/c1-7-6-10-8-4-2-3-5-9(8)11-7/h7-11H,2-6H2,1H3/t7?,8?,9-/m1/s1. The summed E-state index contributed by atoms with van der Waals surface area (Å²) in [6.45, 7) is 3.42. The molecule has 0 radical (unpaired) electrons. The van der Waals surface area contributed by atoms with E-state index in [9.17, 15) is 0 Å². The number of rotatable bonds is 0. The van der Waals surface area contributed by atoms with E-state index in [-0.39, 0.29) is 0 Å². The van der Waals surface area contributed by atoms with Crippen LogP contribution in [0.1, 0.15) is 32.6 Å². The molecular weight excluding hydrogens is 136 g/mol. The highest BCUT2D eigenvalue weighted by atomic mass is 15.1. The molecule has 2 aliphatic rings. The van der Waals surface area contributed by atoms with E-state index in [2.05, 4.69) is 17.6 Å². The summed E-state index contributed by atoms with van der Waals surface area (Å²) >= 11 is 0. The Morgan fingerprint density at radius 1 is 1.09 bits per heavy atom. The molecule has 1 saturated heterocycles. The van der Waals surface area contributed by atoms with Gasteiger partial charge in [-0.15, -0.1) is 0 Å².